The molecule has 0 amide bonds. The molecule has 0 N–H and O–H groups in total. The third kappa shape index (κ3) is 5.81. The molecule has 10 aromatic carbocycles. The molecule has 0 saturated carbocycles. The van der Waals surface area contributed by atoms with Crippen LogP contribution in [0.25, 0.3) is 127 Å². The fourth-order valence-electron chi connectivity index (χ4n) is 10.7. The number of benzene rings is 10. The highest BCUT2D eigenvalue weighted by atomic mass is 15.0. The van der Waals surface area contributed by atoms with E-state index in [1.54, 1.807) is 0 Å². The van der Waals surface area contributed by atoms with E-state index in [2.05, 4.69) is 250 Å². The van der Waals surface area contributed by atoms with Crippen LogP contribution in [0.15, 0.2) is 237 Å². The molecule has 0 spiro atoms. The van der Waals surface area contributed by atoms with Gasteiger partial charge in [0.1, 0.15) is 0 Å². The third-order valence-corrected chi connectivity index (χ3v) is 13.6. The van der Waals surface area contributed by atoms with Gasteiger partial charge in [-0.05, 0) is 83.6 Å². The Morgan fingerprint density at radius 2 is 0.612 bits per heavy atom. The molecule has 14 rings (SSSR count). The minimum absolute atomic E-state index is 0.677. The maximum atomic E-state index is 5.54. The zero-order valence-electron chi connectivity index (χ0n) is 36.3. The molecule has 14 aromatic rings. The van der Waals surface area contributed by atoms with Crippen LogP contribution in [0.4, 0.5) is 0 Å². The molecule has 0 radical (unpaired) electrons. The Balaban J connectivity index is 1.03. The molecule has 5 heteroatoms. The average molecular weight is 854 g/mol. The Morgan fingerprint density at radius 1 is 0.254 bits per heavy atom. The van der Waals surface area contributed by atoms with Crippen LogP contribution < -0.4 is 0 Å². The van der Waals surface area contributed by atoms with Gasteiger partial charge in [0.15, 0.2) is 5.82 Å². The zero-order valence-corrected chi connectivity index (χ0v) is 36.3. The third-order valence-electron chi connectivity index (χ3n) is 13.6. The zero-order chi connectivity index (χ0) is 44.0. The fraction of sp³-hybridized carbons (Fsp3) is 0. The molecule has 4 aromatic heterocycles. The Bertz CT molecular complexity index is 3980. The Hall–Kier alpha value is -9.06. The van der Waals surface area contributed by atoms with Crippen molar-refractivity contribution in [1.82, 2.24) is 23.7 Å². The lowest BCUT2D eigenvalue weighted by Crippen LogP contribution is -2.02. The van der Waals surface area contributed by atoms with Gasteiger partial charge in [0.25, 0.3) is 0 Å². The predicted octanol–water partition coefficient (Wildman–Crippen LogP) is 15.9. The number of aromatic nitrogens is 5. The molecule has 312 valence electrons. The Kier molecular flexibility index (Phi) is 8.21. The van der Waals surface area contributed by atoms with E-state index < -0.39 is 0 Å². The van der Waals surface area contributed by atoms with Gasteiger partial charge in [-0.3, -0.25) is 0 Å². The summed E-state index contributed by atoms with van der Waals surface area (Å²) in [5.74, 6) is 0.677. The van der Waals surface area contributed by atoms with Crippen LogP contribution in [-0.2, 0) is 0 Å². The first-order valence-electron chi connectivity index (χ1n) is 22.8. The topological polar surface area (TPSA) is 40.6 Å². The highest BCUT2D eigenvalue weighted by Gasteiger charge is 2.20. The number of hydrogen-bond donors (Lipinski definition) is 0. The largest absolute Gasteiger partial charge is 0.309 e. The van der Waals surface area contributed by atoms with Crippen LogP contribution in [0.1, 0.15) is 0 Å². The second-order valence-corrected chi connectivity index (χ2v) is 17.4. The smallest absolute Gasteiger partial charge is 0.161 e. The van der Waals surface area contributed by atoms with Gasteiger partial charge in [-0.25, -0.2) is 9.97 Å². The van der Waals surface area contributed by atoms with Crippen LogP contribution in [0.3, 0.4) is 0 Å². The van der Waals surface area contributed by atoms with E-state index in [-0.39, 0.29) is 0 Å². The number of hydrogen-bond acceptors (Lipinski definition) is 2. The summed E-state index contributed by atoms with van der Waals surface area (Å²) in [4.78, 5) is 11.0. The van der Waals surface area contributed by atoms with Gasteiger partial charge in [-0.15, -0.1) is 0 Å². The first kappa shape index (κ1) is 37.3. The maximum absolute atomic E-state index is 5.54. The Morgan fingerprint density at radius 3 is 1.06 bits per heavy atom. The quantitative estimate of drug-likeness (QED) is 0.167. The van der Waals surface area contributed by atoms with E-state index in [0.29, 0.717) is 5.82 Å². The summed E-state index contributed by atoms with van der Waals surface area (Å²) < 4.78 is 7.18. The molecule has 0 atom stereocenters. The molecule has 0 unspecified atom stereocenters. The number of fused-ring (bicyclic) bond motifs is 10. The highest BCUT2D eigenvalue weighted by Crippen LogP contribution is 2.40. The molecule has 67 heavy (non-hydrogen) atoms. The van der Waals surface area contributed by atoms with Gasteiger partial charge in [-0.2, -0.15) is 0 Å². The van der Waals surface area contributed by atoms with Crippen molar-refractivity contribution in [3.8, 4) is 51.0 Å². The predicted molar refractivity (Wildman–Crippen MR) is 279 cm³/mol. The molecule has 5 nitrogen and oxygen atoms in total. The van der Waals surface area contributed by atoms with Gasteiger partial charge in [0, 0.05) is 66.1 Å². The molecule has 0 aliphatic heterocycles. The van der Waals surface area contributed by atoms with E-state index in [1.807, 2.05) is 0 Å². The second-order valence-electron chi connectivity index (χ2n) is 17.4. The van der Waals surface area contributed by atoms with Gasteiger partial charge in [-0.1, -0.05) is 164 Å². The lowest BCUT2D eigenvalue weighted by Gasteiger charge is -2.17. The summed E-state index contributed by atoms with van der Waals surface area (Å²) in [5.41, 5.74) is 14.8. The SMILES string of the molecule is c1ccc2c(-c3nc(-c4ccc(-n5c6ccccc6c6ccccc65)cc4)cc(-c4cc(-n5c6ccccc6c6ccccc65)cc(-n5c6ccccc6c6ccccc65)c4)n3)cccc2c1. The summed E-state index contributed by atoms with van der Waals surface area (Å²) >= 11 is 0. The maximum Gasteiger partial charge on any atom is 0.161 e. The van der Waals surface area contributed by atoms with Crippen LogP contribution >= 0.6 is 0 Å². The normalized spacial score (nSPS) is 11.9. The average Bonchev–Trinajstić information content (AvgIpc) is 4.04. The highest BCUT2D eigenvalue weighted by molar-refractivity contribution is 6.11. The van der Waals surface area contributed by atoms with Gasteiger partial charge < -0.3 is 13.7 Å². The minimum atomic E-state index is 0.677. The first-order valence-corrected chi connectivity index (χ1v) is 22.8. The standard InChI is InChI=1S/C62H39N5/c1-2-18-46-40(16-1)17-15-25-53(46)62-63-54(41-32-34-43(35-33-41)65-56-26-9-3-19-47(56)48-20-4-10-27-57(48)65)39-55(64-62)42-36-44(66-58-28-11-5-21-49(58)50-22-6-12-29-59(50)66)38-45(37-42)67-60-30-13-7-23-51(60)52-24-8-14-31-61(52)67/h1-39H. The summed E-state index contributed by atoms with van der Waals surface area (Å²) in [7, 11) is 0. The van der Waals surface area contributed by atoms with Crippen molar-refractivity contribution < 1.29 is 0 Å². The van der Waals surface area contributed by atoms with Crippen molar-refractivity contribution in [3.63, 3.8) is 0 Å². The lowest BCUT2D eigenvalue weighted by atomic mass is 10.0. The number of nitrogens with zero attached hydrogens (tertiary/aromatic N) is 5. The molecular weight excluding hydrogens is 815 g/mol. The van der Waals surface area contributed by atoms with E-state index in [9.17, 15) is 0 Å². The lowest BCUT2D eigenvalue weighted by molar-refractivity contribution is 1.13. The molecule has 0 fully saturated rings. The monoisotopic (exact) mass is 853 g/mol. The number of para-hydroxylation sites is 6. The number of rotatable bonds is 6. The minimum Gasteiger partial charge on any atom is -0.309 e. The van der Waals surface area contributed by atoms with Crippen molar-refractivity contribution in [2.24, 2.45) is 0 Å². The van der Waals surface area contributed by atoms with Gasteiger partial charge in [0.2, 0.25) is 0 Å². The van der Waals surface area contributed by atoms with Crippen LogP contribution in [0.2, 0.25) is 0 Å². The van der Waals surface area contributed by atoms with Crippen molar-refractivity contribution in [1.29, 1.82) is 0 Å². The molecule has 0 aliphatic rings. The summed E-state index contributed by atoms with van der Waals surface area (Å²) in [5, 5.41) is 9.61. The van der Waals surface area contributed by atoms with Crippen molar-refractivity contribution in [2.45, 2.75) is 0 Å². The molecule has 4 heterocycles. The summed E-state index contributed by atoms with van der Waals surface area (Å²) in [6, 6.07) is 85.1. The van der Waals surface area contributed by atoms with Crippen molar-refractivity contribution >= 4 is 76.2 Å². The fourth-order valence-corrected chi connectivity index (χ4v) is 10.7. The Labute approximate surface area is 385 Å². The van der Waals surface area contributed by atoms with E-state index >= 15 is 0 Å². The summed E-state index contributed by atoms with van der Waals surface area (Å²) in [6.07, 6.45) is 0. The van der Waals surface area contributed by atoms with Crippen LogP contribution in [-0.4, -0.2) is 23.7 Å². The second kappa shape index (κ2) is 14.7. The molecule has 0 aliphatic carbocycles. The van der Waals surface area contributed by atoms with Crippen LogP contribution in [0, 0.1) is 0 Å². The van der Waals surface area contributed by atoms with E-state index in [1.165, 1.54) is 43.4 Å². The van der Waals surface area contributed by atoms with Crippen molar-refractivity contribution in [3.05, 3.63) is 237 Å². The van der Waals surface area contributed by atoms with E-state index in [4.69, 9.17) is 9.97 Å². The summed E-state index contributed by atoms with van der Waals surface area (Å²) in [6.45, 7) is 0. The van der Waals surface area contributed by atoms with Gasteiger partial charge in [0.05, 0.1) is 44.5 Å². The van der Waals surface area contributed by atoms with Gasteiger partial charge >= 0.3 is 0 Å². The van der Waals surface area contributed by atoms with E-state index in [0.717, 1.165) is 78.0 Å². The molecule has 0 bridgehead atoms. The van der Waals surface area contributed by atoms with Crippen molar-refractivity contribution in [2.75, 3.05) is 0 Å². The molecular formula is C62H39N5. The first-order chi connectivity index (χ1) is 33.2. The molecule has 0 saturated heterocycles. The van der Waals surface area contributed by atoms with Crippen LogP contribution in [0.5, 0.6) is 0 Å².